The van der Waals surface area contributed by atoms with Crippen molar-refractivity contribution in [3.05, 3.63) is 72.0 Å². The number of likely N-dealkylation sites (N-methyl/N-ethyl adjacent to an activating group) is 1. The molecule has 152 valence electrons. The Balaban J connectivity index is 1.37. The number of carbonyl (C=O) groups excluding carboxylic acids is 1. The van der Waals surface area contributed by atoms with Crippen molar-refractivity contribution in [2.45, 2.75) is 12.8 Å². The van der Waals surface area contributed by atoms with E-state index in [1.807, 2.05) is 42.5 Å². The van der Waals surface area contributed by atoms with Crippen LogP contribution in [0, 0.1) is 0 Å². The number of nitrogens with zero attached hydrogens (tertiary/aromatic N) is 2. The third-order valence-electron chi connectivity index (χ3n) is 4.59. The molecule has 3 rings (SSSR count). The molecule has 0 spiro atoms. The molecule has 0 atom stereocenters. The Bertz CT molecular complexity index is 908. The number of carbonyl (C=O) groups is 1. The van der Waals surface area contributed by atoms with Gasteiger partial charge in [0.15, 0.2) is 0 Å². The van der Waals surface area contributed by atoms with Crippen molar-refractivity contribution >= 4 is 5.97 Å². The number of hydrogen-bond acceptors (Lipinski definition) is 6. The van der Waals surface area contributed by atoms with Gasteiger partial charge in [0, 0.05) is 24.6 Å². The van der Waals surface area contributed by atoms with Crippen LogP contribution >= 0.6 is 0 Å². The molecule has 1 aromatic heterocycles. The number of ether oxygens (including phenoxy) is 2. The Kier molecular flexibility index (Phi) is 7.41. The summed E-state index contributed by atoms with van der Waals surface area (Å²) < 4.78 is 15.9. The van der Waals surface area contributed by atoms with Crippen molar-refractivity contribution < 1.29 is 18.8 Å². The fraction of sp³-hybridized carbons (Fsp3) is 0.304. The molecule has 6 heteroatoms. The van der Waals surface area contributed by atoms with Gasteiger partial charge in [-0.1, -0.05) is 41.6 Å². The maximum atomic E-state index is 11.6. The zero-order valence-corrected chi connectivity index (χ0v) is 16.8. The van der Waals surface area contributed by atoms with Gasteiger partial charge in [-0.25, -0.2) is 4.79 Å². The molecular formula is C23H26N2O4. The number of hydrogen-bond donors (Lipinski definition) is 0. The molecule has 0 saturated heterocycles. The van der Waals surface area contributed by atoms with E-state index in [9.17, 15) is 4.79 Å². The van der Waals surface area contributed by atoms with Gasteiger partial charge in [0.05, 0.1) is 12.7 Å². The number of methoxy groups -OCH3 is 1. The molecule has 1 heterocycles. The van der Waals surface area contributed by atoms with Gasteiger partial charge in [-0.3, -0.25) is 0 Å². The fourth-order valence-corrected chi connectivity index (χ4v) is 2.96. The van der Waals surface area contributed by atoms with E-state index in [0.717, 1.165) is 42.9 Å². The topological polar surface area (TPSA) is 64.8 Å². The van der Waals surface area contributed by atoms with Crippen molar-refractivity contribution in [2.75, 3.05) is 33.9 Å². The normalized spacial score (nSPS) is 10.9. The molecular weight excluding hydrogens is 368 g/mol. The number of rotatable bonds is 10. The van der Waals surface area contributed by atoms with Crippen LogP contribution in [0.2, 0.25) is 0 Å². The molecule has 0 aliphatic rings. The van der Waals surface area contributed by atoms with E-state index in [4.69, 9.17) is 14.0 Å². The molecule has 2 aromatic carbocycles. The zero-order valence-electron chi connectivity index (χ0n) is 16.8. The maximum absolute atomic E-state index is 11.6. The van der Waals surface area contributed by atoms with Crippen LogP contribution in [0.1, 0.15) is 22.5 Å². The largest absolute Gasteiger partial charge is 0.492 e. The minimum absolute atomic E-state index is 0.365. The summed E-state index contributed by atoms with van der Waals surface area (Å²) in [6.07, 6.45) is 1.81. The van der Waals surface area contributed by atoms with Crippen LogP contribution in [0.5, 0.6) is 5.75 Å². The van der Waals surface area contributed by atoms with Crippen molar-refractivity contribution in [3.8, 4) is 17.0 Å². The summed E-state index contributed by atoms with van der Waals surface area (Å²) in [6.45, 7) is 2.25. The first-order valence-electron chi connectivity index (χ1n) is 9.66. The van der Waals surface area contributed by atoms with E-state index in [1.165, 1.54) is 7.11 Å². The Morgan fingerprint density at radius 1 is 1.07 bits per heavy atom. The van der Waals surface area contributed by atoms with E-state index in [1.54, 1.807) is 18.2 Å². The van der Waals surface area contributed by atoms with Gasteiger partial charge in [-0.2, -0.15) is 0 Å². The lowest BCUT2D eigenvalue weighted by Crippen LogP contribution is -2.25. The lowest BCUT2D eigenvalue weighted by atomic mass is 10.1. The van der Waals surface area contributed by atoms with Crippen molar-refractivity contribution in [3.63, 3.8) is 0 Å². The highest BCUT2D eigenvalue weighted by Gasteiger charge is 2.08. The molecule has 0 radical (unpaired) electrons. The summed E-state index contributed by atoms with van der Waals surface area (Å²) in [5.74, 6) is 1.19. The SMILES string of the molecule is COC(=O)c1cccc(OCCN(C)CCCc2cc(-c3ccccc3)no2)c1. The van der Waals surface area contributed by atoms with Gasteiger partial charge in [0.1, 0.15) is 23.8 Å². The summed E-state index contributed by atoms with van der Waals surface area (Å²) in [4.78, 5) is 13.8. The second-order valence-electron chi connectivity index (χ2n) is 6.82. The molecule has 0 saturated carbocycles. The minimum atomic E-state index is -0.365. The van der Waals surface area contributed by atoms with Crippen LogP contribution in [0.25, 0.3) is 11.3 Å². The quantitative estimate of drug-likeness (QED) is 0.483. The molecule has 0 unspecified atom stereocenters. The number of esters is 1. The minimum Gasteiger partial charge on any atom is -0.492 e. The molecule has 0 fully saturated rings. The standard InChI is InChI=1S/C23H26N2O4/c1-25(14-15-28-20-11-6-10-19(16-20)23(26)27-2)13-7-12-21-17-22(24-29-21)18-8-4-3-5-9-18/h3-6,8-11,16-17H,7,12-15H2,1-2H3. The first kappa shape index (κ1) is 20.6. The van der Waals surface area contributed by atoms with E-state index in [0.29, 0.717) is 17.9 Å². The predicted molar refractivity (Wildman–Crippen MR) is 111 cm³/mol. The third-order valence-corrected chi connectivity index (χ3v) is 4.59. The second kappa shape index (κ2) is 10.4. The molecule has 0 amide bonds. The third kappa shape index (κ3) is 6.19. The molecule has 29 heavy (non-hydrogen) atoms. The summed E-state index contributed by atoms with van der Waals surface area (Å²) in [5, 5.41) is 4.15. The number of aryl methyl sites for hydroxylation is 1. The molecule has 0 bridgehead atoms. The highest BCUT2D eigenvalue weighted by atomic mass is 16.5. The average molecular weight is 394 g/mol. The maximum Gasteiger partial charge on any atom is 0.337 e. The van der Waals surface area contributed by atoms with Crippen LogP contribution in [-0.2, 0) is 11.2 Å². The van der Waals surface area contributed by atoms with Crippen LogP contribution in [0.4, 0.5) is 0 Å². The van der Waals surface area contributed by atoms with E-state index in [2.05, 4.69) is 17.1 Å². The number of aromatic nitrogens is 1. The lowest BCUT2D eigenvalue weighted by molar-refractivity contribution is 0.0600. The monoisotopic (exact) mass is 394 g/mol. The highest BCUT2D eigenvalue weighted by molar-refractivity contribution is 5.89. The lowest BCUT2D eigenvalue weighted by Gasteiger charge is -2.16. The predicted octanol–water partition coefficient (Wildman–Crippen LogP) is 4.07. The Morgan fingerprint density at radius 2 is 1.90 bits per heavy atom. The first-order chi connectivity index (χ1) is 14.2. The summed E-state index contributed by atoms with van der Waals surface area (Å²) in [5.41, 5.74) is 2.42. The first-order valence-corrected chi connectivity index (χ1v) is 9.66. The van der Waals surface area contributed by atoms with Gasteiger partial charge in [-0.05, 0) is 38.2 Å². The van der Waals surface area contributed by atoms with Crippen molar-refractivity contribution in [1.29, 1.82) is 0 Å². The zero-order chi connectivity index (χ0) is 20.5. The fourth-order valence-electron chi connectivity index (χ4n) is 2.96. The van der Waals surface area contributed by atoms with Crippen molar-refractivity contribution in [1.82, 2.24) is 10.1 Å². The molecule has 0 aliphatic carbocycles. The van der Waals surface area contributed by atoms with E-state index < -0.39 is 0 Å². The Labute approximate surface area is 171 Å². The Morgan fingerprint density at radius 3 is 2.69 bits per heavy atom. The van der Waals surface area contributed by atoms with Crippen LogP contribution < -0.4 is 4.74 Å². The Hall–Kier alpha value is -3.12. The van der Waals surface area contributed by atoms with Crippen LogP contribution in [0.3, 0.4) is 0 Å². The smallest absolute Gasteiger partial charge is 0.337 e. The van der Waals surface area contributed by atoms with Crippen molar-refractivity contribution in [2.24, 2.45) is 0 Å². The summed E-state index contributed by atoms with van der Waals surface area (Å²) >= 11 is 0. The summed E-state index contributed by atoms with van der Waals surface area (Å²) in [7, 11) is 3.43. The molecule has 0 N–H and O–H groups in total. The summed E-state index contributed by atoms with van der Waals surface area (Å²) in [6, 6.07) is 19.0. The van der Waals surface area contributed by atoms with E-state index >= 15 is 0 Å². The molecule has 6 nitrogen and oxygen atoms in total. The number of benzene rings is 2. The van der Waals surface area contributed by atoms with Gasteiger partial charge >= 0.3 is 5.97 Å². The van der Waals surface area contributed by atoms with Crippen LogP contribution in [-0.4, -0.2) is 49.9 Å². The van der Waals surface area contributed by atoms with Gasteiger partial charge in [0.2, 0.25) is 0 Å². The van der Waals surface area contributed by atoms with Crippen LogP contribution in [0.15, 0.2) is 65.2 Å². The second-order valence-corrected chi connectivity index (χ2v) is 6.82. The average Bonchev–Trinajstić information content (AvgIpc) is 3.23. The highest BCUT2D eigenvalue weighted by Crippen LogP contribution is 2.19. The molecule has 0 aliphatic heterocycles. The van der Waals surface area contributed by atoms with Gasteiger partial charge < -0.3 is 18.9 Å². The van der Waals surface area contributed by atoms with Gasteiger partial charge in [-0.15, -0.1) is 0 Å². The van der Waals surface area contributed by atoms with Gasteiger partial charge in [0.25, 0.3) is 0 Å². The molecule has 3 aromatic rings. The van der Waals surface area contributed by atoms with E-state index in [-0.39, 0.29) is 5.97 Å².